The smallest absolute Gasteiger partial charge is 0.342 e. The summed E-state index contributed by atoms with van der Waals surface area (Å²) in [6, 6.07) is 3.15. The summed E-state index contributed by atoms with van der Waals surface area (Å²) in [5.74, 6) is 0.923. The molecular formula is C13H18O5. The lowest BCUT2D eigenvalue weighted by Crippen LogP contribution is -2.08. The van der Waals surface area contributed by atoms with E-state index in [9.17, 15) is 4.79 Å². The second-order valence-corrected chi connectivity index (χ2v) is 3.54. The van der Waals surface area contributed by atoms with Crippen LogP contribution in [0.1, 0.15) is 23.7 Å². The molecule has 0 N–H and O–H groups in total. The largest absolute Gasteiger partial charge is 0.496 e. The predicted molar refractivity (Wildman–Crippen MR) is 66.7 cm³/mol. The van der Waals surface area contributed by atoms with Crippen molar-refractivity contribution in [3.63, 3.8) is 0 Å². The molecule has 18 heavy (non-hydrogen) atoms. The molecule has 0 unspecified atom stereocenters. The number of rotatable bonds is 6. The van der Waals surface area contributed by atoms with E-state index in [0.29, 0.717) is 29.4 Å². The molecule has 0 saturated carbocycles. The summed E-state index contributed by atoms with van der Waals surface area (Å²) in [6.45, 7) is 2.30. The summed E-state index contributed by atoms with van der Waals surface area (Å²) in [5.41, 5.74) is 0.323. The third-order valence-electron chi connectivity index (χ3n) is 2.36. The first-order valence-corrected chi connectivity index (χ1v) is 5.65. The summed E-state index contributed by atoms with van der Waals surface area (Å²) in [5, 5.41) is 0. The lowest BCUT2D eigenvalue weighted by molar-refractivity contribution is 0.0501. The molecule has 0 amide bonds. The highest BCUT2D eigenvalue weighted by Crippen LogP contribution is 2.34. The van der Waals surface area contributed by atoms with Crippen LogP contribution >= 0.6 is 0 Å². The van der Waals surface area contributed by atoms with Gasteiger partial charge in [-0.1, -0.05) is 6.92 Å². The van der Waals surface area contributed by atoms with E-state index < -0.39 is 5.97 Å². The zero-order valence-electron chi connectivity index (χ0n) is 11.1. The van der Waals surface area contributed by atoms with Crippen LogP contribution in [0.5, 0.6) is 17.2 Å². The Balaban J connectivity index is 3.12. The van der Waals surface area contributed by atoms with Crippen molar-refractivity contribution < 1.29 is 23.7 Å². The van der Waals surface area contributed by atoms with Crippen molar-refractivity contribution in [1.82, 2.24) is 0 Å². The topological polar surface area (TPSA) is 54.0 Å². The molecule has 0 aliphatic heterocycles. The lowest BCUT2D eigenvalue weighted by Gasteiger charge is -2.13. The monoisotopic (exact) mass is 254 g/mol. The van der Waals surface area contributed by atoms with Crippen LogP contribution in [0.25, 0.3) is 0 Å². The van der Waals surface area contributed by atoms with Crippen LogP contribution in [0.3, 0.4) is 0 Å². The number of hydrogen-bond donors (Lipinski definition) is 0. The van der Waals surface area contributed by atoms with Crippen LogP contribution in [0.15, 0.2) is 12.1 Å². The van der Waals surface area contributed by atoms with Gasteiger partial charge in [0.2, 0.25) is 0 Å². The van der Waals surface area contributed by atoms with Crippen LogP contribution in [-0.2, 0) is 4.74 Å². The van der Waals surface area contributed by atoms with Gasteiger partial charge in [0.25, 0.3) is 0 Å². The minimum atomic E-state index is -0.436. The van der Waals surface area contributed by atoms with E-state index in [4.69, 9.17) is 18.9 Å². The number of ether oxygens (including phenoxy) is 4. The van der Waals surface area contributed by atoms with Crippen LogP contribution in [0.2, 0.25) is 0 Å². The first-order valence-electron chi connectivity index (χ1n) is 5.65. The predicted octanol–water partition coefficient (Wildman–Crippen LogP) is 2.28. The van der Waals surface area contributed by atoms with Crippen molar-refractivity contribution in [3.05, 3.63) is 17.7 Å². The van der Waals surface area contributed by atoms with Gasteiger partial charge in [0.15, 0.2) is 11.5 Å². The minimum absolute atomic E-state index is 0.323. The quantitative estimate of drug-likeness (QED) is 0.729. The molecule has 1 rings (SSSR count). The Kier molecular flexibility index (Phi) is 5.30. The number of hydrogen-bond acceptors (Lipinski definition) is 5. The maximum Gasteiger partial charge on any atom is 0.342 e. The van der Waals surface area contributed by atoms with Gasteiger partial charge in [-0.05, 0) is 6.42 Å². The van der Waals surface area contributed by atoms with Crippen molar-refractivity contribution in [2.24, 2.45) is 0 Å². The number of esters is 1. The summed E-state index contributed by atoms with van der Waals surface area (Å²) >= 11 is 0. The molecule has 0 saturated heterocycles. The Hall–Kier alpha value is -1.91. The van der Waals surface area contributed by atoms with Gasteiger partial charge in [-0.15, -0.1) is 0 Å². The summed E-state index contributed by atoms with van der Waals surface area (Å²) in [4.78, 5) is 11.9. The van der Waals surface area contributed by atoms with Crippen molar-refractivity contribution in [2.45, 2.75) is 13.3 Å². The number of methoxy groups -OCH3 is 3. The van der Waals surface area contributed by atoms with Crippen molar-refractivity contribution in [3.8, 4) is 17.2 Å². The molecule has 1 aromatic carbocycles. The summed E-state index contributed by atoms with van der Waals surface area (Å²) < 4.78 is 20.5. The van der Waals surface area contributed by atoms with E-state index in [-0.39, 0.29) is 0 Å². The van der Waals surface area contributed by atoms with Gasteiger partial charge in [-0.2, -0.15) is 0 Å². The van der Waals surface area contributed by atoms with Crippen molar-refractivity contribution >= 4 is 5.97 Å². The van der Waals surface area contributed by atoms with E-state index in [0.717, 1.165) is 6.42 Å². The van der Waals surface area contributed by atoms with Crippen molar-refractivity contribution in [2.75, 3.05) is 27.9 Å². The molecule has 0 aliphatic carbocycles. The van der Waals surface area contributed by atoms with E-state index in [2.05, 4.69) is 0 Å². The Morgan fingerprint density at radius 3 is 2.06 bits per heavy atom. The van der Waals surface area contributed by atoms with Crippen LogP contribution in [0, 0.1) is 0 Å². The number of benzene rings is 1. The van der Waals surface area contributed by atoms with E-state index >= 15 is 0 Å². The molecule has 100 valence electrons. The molecule has 0 fully saturated rings. The molecule has 5 heteroatoms. The van der Waals surface area contributed by atoms with Gasteiger partial charge in [-0.25, -0.2) is 4.79 Å². The van der Waals surface area contributed by atoms with Crippen LogP contribution in [-0.4, -0.2) is 33.9 Å². The van der Waals surface area contributed by atoms with Gasteiger partial charge < -0.3 is 18.9 Å². The van der Waals surface area contributed by atoms with Crippen molar-refractivity contribution in [1.29, 1.82) is 0 Å². The summed E-state index contributed by atoms with van der Waals surface area (Å²) in [6.07, 6.45) is 0.765. The second-order valence-electron chi connectivity index (χ2n) is 3.54. The maximum absolute atomic E-state index is 11.9. The van der Waals surface area contributed by atoms with Gasteiger partial charge in [0.05, 0.1) is 27.9 Å². The molecule has 0 atom stereocenters. The van der Waals surface area contributed by atoms with Gasteiger partial charge in [0, 0.05) is 12.1 Å². The fourth-order valence-electron chi connectivity index (χ4n) is 1.46. The Morgan fingerprint density at radius 1 is 1.00 bits per heavy atom. The zero-order chi connectivity index (χ0) is 13.5. The molecule has 5 nitrogen and oxygen atoms in total. The van der Waals surface area contributed by atoms with Gasteiger partial charge >= 0.3 is 5.97 Å². The first-order chi connectivity index (χ1) is 8.67. The molecule has 0 aliphatic rings. The lowest BCUT2D eigenvalue weighted by atomic mass is 10.1. The third-order valence-corrected chi connectivity index (χ3v) is 2.36. The molecular weight excluding hydrogens is 236 g/mol. The fourth-order valence-corrected chi connectivity index (χ4v) is 1.46. The molecule has 0 bridgehead atoms. The fraction of sp³-hybridized carbons (Fsp3) is 0.462. The highest BCUT2D eigenvalue weighted by atomic mass is 16.5. The van der Waals surface area contributed by atoms with Crippen LogP contribution < -0.4 is 14.2 Å². The molecule has 0 aromatic heterocycles. The van der Waals surface area contributed by atoms with Gasteiger partial charge in [-0.3, -0.25) is 0 Å². The second kappa shape index (κ2) is 6.74. The maximum atomic E-state index is 11.9. The highest BCUT2D eigenvalue weighted by Gasteiger charge is 2.18. The van der Waals surface area contributed by atoms with E-state index in [1.54, 1.807) is 12.1 Å². The normalized spacial score (nSPS) is 9.78. The Morgan fingerprint density at radius 2 is 1.56 bits per heavy atom. The number of carbonyl (C=O) groups is 1. The van der Waals surface area contributed by atoms with Gasteiger partial charge in [0.1, 0.15) is 11.3 Å². The van der Waals surface area contributed by atoms with Crippen LogP contribution in [0.4, 0.5) is 0 Å². The molecule has 1 aromatic rings. The summed E-state index contributed by atoms with van der Waals surface area (Å²) in [7, 11) is 4.51. The SMILES string of the molecule is CCCOC(=O)c1cc(OC)c(OC)cc1OC. The standard InChI is InChI=1S/C13H18O5/c1-5-6-18-13(14)9-7-11(16-3)12(17-4)8-10(9)15-2/h7-8H,5-6H2,1-4H3. The third kappa shape index (κ3) is 3.06. The highest BCUT2D eigenvalue weighted by molar-refractivity contribution is 5.93. The molecule has 0 spiro atoms. The molecule has 0 heterocycles. The molecule has 0 radical (unpaired) electrons. The van der Waals surface area contributed by atoms with E-state index in [1.165, 1.54) is 21.3 Å². The average molecular weight is 254 g/mol. The average Bonchev–Trinajstić information content (AvgIpc) is 2.42. The zero-order valence-corrected chi connectivity index (χ0v) is 11.1. The minimum Gasteiger partial charge on any atom is -0.496 e. The Labute approximate surface area is 107 Å². The number of carbonyl (C=O) groups excluding carboxylic acids is 1. The Bertz CT molecular complexity index is 414. The van der Waals surface area contributed by atoms with E-state index in [1.807, 2.05) is 6.92 Å². The first kappa shape index (κ1) is 14.2.